The van der Waals surface area contributed by atoms with Gasteiger partial charge in [0.1, 0.15) is 11.6 Å². The van der Waals surface area contributed by atoms with Crippen molar-refractivity contribution >= 4 is 22.7 Å². The number of hydrogen-bond acceptors (Lipinski definition) is 4. The van der Waals surface area contributed by atoms with Gasteiger partial charge in [0.2, 0.25) is 0 Å². The van der Waals surface area contributed by atoms with Crippen LogP contribution in [0, 0.1) is 12.8 Å². The summed E-state index contributed by atoms with van der Waals surface area (Å²) < 4.78 is 4.97. The van der Waals surface area contributed by atoms with E-state index in [1.807, 2.05) is 31.2 Å². The molecule has 0 radical (unpaired) electrons. The molecule has 0 aliphatic heterocycles. The molecule has 21 heavy (non-hydrogen) atoms. The van der Waals surface area contributed by atoms with Gasteiger partial charge in [0.05, 0.1) is 12.1 Å². The van der Waals surface area contributed by atoms with E-state index in [0.29, 0.717) is 12.1 Å². The van der Waals surface area contributed by atoms with Gasteiger partial charge in [-0.25, -0.2) is 4.98 Å². The van der Waals surface area contributed by atoms with Crippen LogP contribution >= 0.6 is 0 Å². The summed E-state index contributed by atoms with van der Waals surface area (Å²) in [7, 11) is 0. The molecule has 0 aliphatic rings. The molecule has 4 nitrogen and oxygen atoms in total. The molecule has 1 heterocycles. The van der Waals surface area contributed by atoms with E-state index in [9.17, 15) is 9.59 Å². The summed E-state index contributed by atoms with van der Waals surface area (Å²) in [6, 6.07) is 9.39. The lowest BCUT2D eigenvalue weighted by Crippen LogP contribution is -2.26. The van der Waals surface area contributed by atoms with Crippen molar-refractivity contribution in [1.82, 2.24) is 4.98 Å². The lowest BCUT2D eigenvalue weighted by Gasteiger charge is -2.13. The summed E-state index contributed by atoms with van der Waals surface area (Å²) in [5.41, 5.74) is 2.06. The molecule has 1 aromatic heterocycles. The highest BCUT2D eigenvalue weighted by atomic mass is 16.5. The molecule has 0 saturated carbocycles. The number of rotatable bonds is 5. The maximum absolute atomic E-state index is 12.5. The van der Waals surface area contributed by atoms with E-state index in [0.717, 1.165) is 16.5 Å². The molecule has 0 N–H and O–H groups in total. The van der Waals surface area contributed by atoms with Crippen molar-refractivity contribution in [2.24, 2.45) is 5.92 Å². The number of nitrogens with zero attached hydrogens (tertiary/aromatic N) is 1. The maximum atomic E-state index is 12.5. The molecule has 0 bridgehead atoms. The Kier molecular flexibility index (Phi) is 4.68. The van der Waals surface area contributed by atoms with E-state index in [2.05, 4.69) is 4.98 Å². The number of aryl methyl sites for hydroxylation is 1. The second-order valence-electron chi connectivity index (χ2n) is 4.92. The van der Waals surface area contributed by atoms with Crippen molar-refractivity contribution in [3.8, 4) is 0 Å². The number of para-hydroxylation sites is 1. The Morgan fingerprint density at radius 2 is 1.95 bits per heavy atom. The summed E-state index contributed by atoms with van der Waals surface area (Å²) in [6.45, 7) is 5.74. The third kappa shape index (κ3) is 3.10. The first-order chi connectivity index (χ1) is 10.1. The molecule has 4 heteroatoms. The Labute approximate surface area is 124 Å². The third-order valence-corrected chi connectivity index (χ3v) is 3.47. The predicted molar refractivity (Wildman–Crippen MR) is 81.2 cm³/mol. The van der Waals surface area contributed by atoms with E-state index >= 15 is 0 Å². The quantitative estimate of drug-likeness (QED) is 0.480. The normalized spacial score (nSPS) is 12.1. The van der Waals surface area contributed by atoms with E-state index in [-0.39, 0.29) is 12.4 Å². The highest BCUT2D eigenvalue weighted by Crippen LogP contribution is 2.20. The molecule has 1 atom stereocenters. The summed E-state index contributed by atoms with van der Waals surface area (Å²) in [6.07, 6.45) is 0.408. The first kappa shape index (κ1) is 15.2. The van der Waals surface area contributed by atoms with Gasteiger partial charge in [-0.2, -0.15) is 0 Å². The highest BCUT2D eigenvalue weighted by Gasteiger charge is 2.28. The largest absolute Gasteiger partial charge is 0.465 e. The molecule has 0 aliphatic carbocycles. The molecule has 0 spiro atoms. The van der Waals surface area contributed by atoms with E-state index in [4.69, 9.17) is 4.74 Å². The van der Waals surface area contributed by atoms with Crippen LogP contribution in [0.5, 0.6) is 0 Å². The Balaban J connectivity index is 2.40. The summed E-state index contributed by atoms with van der Waals surface area (Å²) in [5, 5.41) is 1.01. The molecular formula is C17H19NO3. The number of fused-ring (bicyclic) bond motifs is 1. The number of benzene rings is 1. The zero-order valence-corrected chi connectivity index (χ0v) is 12.6. The van der Waals surface area contributed by atoms with Crippen molar-refractivity contribution in [3.05, 3.63) is 41.6 Å². The Morgan fingerprint density at radius 3 is 2.62 bits per heavy atom. The SMILES string of the molecule is CCOC(=O)C(CC)C(=O)c1cc(C)c2ccccc2n1. The van der Waals surface area contributed by atoms with Crippen LogP contribution in [-0.2, 0) is 9.53 Å². The van der Waals surface area contributed by atoms with Gasteiger partial charge < -0.3 is 4.74 Å². The number of ether oxygens (including phenoxy) is 1. The fourth-order valence-corrected chi connectivity index (χ4v) is 2.36. The number of aromatic nitrogens is 1. The van der Waals surface area contributed by atoms with Gasteiger partial charge in [-0.15, -0.1) is 0 Å². The first-order valence-electron chi connectivity index (χ1n) is 7.15. The Morgan fingerprint density at radius 1 is 1.24 bits per heavy atom. The summed E-state index contributed by atoms with van der Waals surface area (Å²) in [5.74, 6) is -1.53. The van der Waals surface area contributed by atoms with Crippen molar-refractivity contribution < 1.29 is 14.3 Å². The van der Waals surface area contributed by atoms with Crippen LogP contribution in [0.25, 0.3) is 10.9 Å². The fraction of sp³-hybridized carbons (Fsp3) is 0.353. The molecule has 2 rings (SSSR count). The fourth-order valence-electron chi connectivity index (χ4n) is 2.36. The summed E-state index contributed by atoms with van der Waals surface area (Å²) in [4.78, 5) is 28.8. The van der Waals surface area contributed by atoms with E-state index < -0.39 is 11.9 Å². The Hall–Kier alpha value is -2.23. The van der Waals surface area contributed by atoms with Gasteiger partial charge in [0.25, 0.3) is 0 Å². The number of ketones is 1. The minimum Gasteiger partial charge on any atom is -0.465 e. The van der Waals surface area contributed by atoms with Crippen LogP contribution in [0.4, 0.5) is 0 Å². The molecule has 0 amide bonds. The molecule has 2 aromatic rings. The zero-order valence-electron chi connectivity index (χ0n) is 12.6. The van der Waals surface area contributed by atoms with Crippen LogP contribution in [0.2, 0.25) is 0 Å². The number of pyridine rings is 1. The van der Waals surface area contributed by atoms with Crippen LogP contribution in [0.1, 0.15) is 36.3 Å². The zero-order chi connectivity index (χ0) is 15.4. The van der Waals surface area contributed by atoms with Crippen molar-refractivity contribution in [2.45, 2.75) is 27.2 Å². The Bertz CT molecular complexity index is 679. The number of carbonyl (C=O) groups is 2. The van der Waals surface area contributed by atoms with E-state index in [1.54, 1.807) is 19.9 Å². The number of carbonyl (C=O) groups excluding carboxylic acids is 2. The van der Waals surface area contributed by atoms with Crippen molar-refractivity contribution in [2.75, 3.05) is 6.61 Å². The minimum atomic E-state index is -0.780. The van der Waals surface area contributed by atoms with Gasteiger partial charge in [-0.05, 0) is 38.0 Å². The molecule has 1 unspecified atom stereocenters. The maximum Gasteiger partial charge on any atom is 0.316 e. The third-order valence-electron chi connectivity index (χ3n) is 3.47. The summed E-state index contributed by atoms with van der Waals surface area (Å²) >= 11 is 0. The van der Waals surface area contributed by atoms with Gasteiger partial charge in [0, 0.05) is 5.39 Å². The van der Waals surface area contributed by atoms with Crippen LogP contribution in [0.3, 0.4) is 0 Å². The number of Topliss-reactive ketones (excluding diaryl/α,β-unsaturated/α-hetero) is 1. The average Bonchev–Trinajstić information content (AvgIpc) is 2.48. The van der Waals surface area contributed by atoms with Gasteiger partial charge in [-0.3, -0.25) is 9.59 Å². The van der Waals surface area contributed by atoms with Crippen LogP contribution in [0.15, 0.2) is 30.3 Å². The monoisotopic (exact) mass is 285 g/mol. The predicted octanol–water partition coefficient (Wildman–Crippen LogP) is 3.32. The molecular weight excluding hydrogens is 266 g/mol. The standard InChI is InChI=1S/C17H19NO3/c1-4-12(17(20)21-5-2)16(19)15-10-11(3)13-8-6-7-9-14(13)18-15/h6-10,12H,4-5H2,1-3H3. The van der Waals surface area contributed by atoms with Gasteiger partial charge in [-0.1, -0.05) is 25.1 Å². The van der Waals surface area contributed by atoms with E-state index in [1.165, 1.54) is 0 Å². The van der Waals surface area contributed by atoms with Gasteiger partial charge in [0.15, 0.2) is 5.78 Å². The van der Waals surface area contributed by atoms with Crippen LogP contribution in [-0.4, -0.2) is 23.3 Å². The topological polar surface area (TPSA) is 56.3 Å². The lowest BCUT2D eigenvalue weighted by molar-refractivity contribution is -0.146. The second kappa shape index (κ2) is 6.48. The highest BCUT2D eigenvalue weighted by molar-refractivity contribution is 6.08. The molecule has 1 aromatic carbocycles. The van der Waals surface area contributed by atoms with Gasteiger partial charge >= 0.3 is 5.97 Å². The number of hydrogen-bond donors (Lipinski definition) is 0. The first-order valence-corrected chi connectivity index (χ1v) is 7.15. The molecule has 110 valence electrons. The number of esters is 1. The second-order valence-corrected chi connectivity index (χ2v) is 4.92. The van der Waals surface area contributed by atoms with Crippen molar-refractivity contribution in [1.29, 1.82) is 0 Å². The molecule has 0 saturated heterocycles. The smallest absolute Gasteiger partial charge is 0.316 e. The lowest BCUT2D eigenvalue weighted by atomic mass is 9.97. The van der Waals surface area contributed by atoms with Crippen molar-refractivity contribution in [3.63, 3.8) is 0 Å². The molecule has 0 fully saturated rings. The average molecular weight is 285 g/mol. The minimum absolute atomic E-state index is 0.271. The van der Waals surface area contributed by atoms with Crippen LogP contribution < -0.4 is 0 Å².